The predicted octanol–water partition coefficient (Wildman–Crippen LogP) is 5.58. The highest BCUT2D eigenvalue weighted by molar-refractivity contribution is 5.97. The molecule has 1 fully saturated rings. The van der Waals surface area contributed by atoms with E-state index in [9.17, 15) is 5.26 Å². The van der Waals surface area contributed by atoms with Crippen LogP contribution in [0, 0.1) is 11.3 Å². The number of nitriles is 1. The topological polar surface area (TPSA) is 65.9 Å². The number of furan rings is 1. The maximum atomic E-state index is 9.26. The molecule has 2 N–H and O–H groups in total. The second-order valence-electron chi connectivity index (χ2n) is 9.11. The third kappa shape index (κ3) is 3.67. The van der Waals surface area contributed by atoms with Gasteiger partial charge in [0.05, 0.1) is 17.9 Å². The van der Waals surface area contributed by atoms with Gasteiger partial charge in [0.25, 0.3) is 0 Å². The summed E-state index contributed by atoms with van der Waals surface area (Å²) in [4.78, 5) is 0. The van der Waals surface area contributed by atoms with E-state index in [0.717, 1.165) is 59.3 Å². The zero-order chi connectivity index (χ0) is 23.1. The van der Waals surface area contributed by atoms with E-state index in [-0.39, 0.29) is 0 Å². The molecule has 5 heteroatoms. The molecule has 0 saturated carbocycles. The molecule has 1 saturated heterocycles. The van der Waals surface area contributed by atoms with Crippen LogP contribution in [0.4, 0.5) is 0 Å². The largest absolute Gasteiger partial charge is 0.464 e. The van der Waals surface area contributed by atoms with Crippen molar-refractivity contribution < 1.29 is 4.42 Å². The van der Waals surface area contributed by atoms with Crippen LogP contribution < -0.4 is 10.6 Å². The molecule has 1 aliphatic rings. The third-order valence-electron chi connectivity index (χ3n) is 6.96. The fourth-order valence-electron chi connectivity index (χ4n) is 5.00. The third-order valence-corrected chi connectivity index (χ3v) is 6.96. The number of fused-ring (bicyclic) bond motifs is 2. The summed E-state index contributed by atoms with van der Waals surface area (Å²) in [5.74, 6) is 0. The fourth-order valence-corrected chi connectivity index (χ4v) is 5.00. The standard InChI is InChI=1S/C29H26N4O/c1-33-11-9-22-12-21(6-7-28(22)33)26-14-29-27(13-25(26)20-4-2-19(15-30)3-5-20)23(18-34-29)16-32-24-8-10-31-17-24/h2-7,9,11-14,18,24,31-32H,8,10,16-17H2,1H3. The van der Waals surface area contributed by atoms with E-state index in [4.69, 9.17) is 4.42 Å². The monoisotopic (exact) mass is 446 g/mol. The molecule has 1 unspecified atom stereocenters. The lowest BCUT2D eigenvalue weighted by Gasteiger charge is -2.13. The van der Waals surface area contributed by atoms with Crippen molar-refractivity contribution in [1.29, 1.82) is 5.26 Å². The maximum absolute atomic E-state index is 9.26. The van der Waals surface area contributed by atoms with Crippen LogP contribution in [0.25, 0.3) is 44.1 Å². The van der Waals surface area contributed by atoms with E-state index in [0.29, 0.717) is 11.6 Å². The van der Waals surface area contributed by atoms with Crippen molar-refractivity contribution in [2.24, 2.45) is 7.05 Å². The minimum atomic E-state index is 0.500. The van der Waals surface area contributed by atoms with Crippen LogP contribution in [-0.4, -0.2) is 23.7 Å². The van der Waals surface area contributed by atoms with Crippen LogP contribution in [0.3, 0.4) is 0 Å². The van der Waals surface area contributed by atoms with E-state index in [1.807, 2.05) is 30.5 Å². The first-order chi connectivity index (χ1) is 16.7. The van der Waals surface area contributed by atoms with E-state index >= 15 is 0 Å². The molecule has 2 aromatic heterocycles. The molecule has 1 atom stereocenters. The van der Waals surface area contributed by atoms with Gasteiger partial charge in [0.15, 0.2) is 0 Å². The molecule has 3 aromatic carbocycles. The molecule has 0 aliphatic carbocycles. The lowest BCUT2D eigenvalue weighted by atomic mass is 9.91. The second kappa shape index (κ2) is 8.49. The van der Waals surface area contributed by atoms with Crippen molar-refractivity contribution in [3.8, 4) is 28.3 Å². The van der Waals surface area contributed by atoms with Gasteiger partial charge in [0.1, 0.15) is 5.58 Å². The van der Waals surface area contributed by atoms with Gasteiger partial charge in [-0.25, -0.2) is 0 Å². The van der Waals surface area contributed by atoms with Crippen molar-refractivity contribution in [1.82, 2.24) is 15.2 Å². The maximum Gasteiger partial charge on any atom is 0.134 e. The molecule has 5 aromatic rings. The Morgan fingerprint density at radius 3 is 2.68 bits per heavy atom. The first kappa shape index (κ1) is 20.7. The van der Waals surface area contributed by atoms with Gasteiger partial charge in [-0.1, -0.05) is 18.2 Å². The molecule has 0 amide bonds. The zero-order valence-electron chi connectivity index (χ0n) is 19.1. The number of benzene rings is 3. The molecule has 5 nitrogen and oxygen atoms in total. The summed E-state index contributed by atoms with van der Waals surface area (Å²) >= 11 is 0. The fraction of sp³-hybridized carbons (Fsp3) is 0.207. The summed E-state index contributed by atoms with van der Waals surface area (Å²) in [6.45, 7) is 2.86. The molecule has 6 rings (SSSR count). The smallest absolute Gasteiger partial charge is 0.134 e. The highest BCUT2D eigenvalue weighted by atomic mass is 16.3. The number of rotatable bonds is 5. The van der Waals surface area contributed by atoms with Crippen molar-refractivity contribution in [3.05, 3.63) is 84.3 Å². The van der Waals surface area contributed by atoms with E-state index in [1.54, 1.807) is 0 Å². The summed E-state index contributed by atoms with van der Waals surface area (Å²) in [5, 5.41) is 18.7. The molecule has 0 bridgehead atoms. The Hall–Kier alpha value is -3.85. The Labute approximate surface area is 198 Å². The van der Waals surface area contributed by atoms with Gasteiger partial charge in [-0.2, -0.15) is 5.26 Å². The van der Waals surface area contributed by atoms with Gasteiger partial charge in [-0.3, -0.25) is 0 Å². The normalized spacial score (nSPS) is 15.8. The van der Waals surface area contributed by atoms with Gasteiger partial charge in [-0.05, 0) is 77.7 Å². The Morgan fingerprint density at radius 2 is 1.88 bits per heavy atom. The summed E-state index contributed by atoms with van der Waals surface area (Å²) in [5.41, 5.74) is 8.42. The molecule has 0 spiro atoms. The van der Waals surface area contributed by atoms with Crippen LogP contribution in [0.15, 0.2) is 77.5 Å². The Kier molecular flexibility index (Phi) is 5.18. The Morgan fingerprint density at radius 1 is 1.06 bits per heavy atom. The highest BCUT2D eigenvalue weighted by Crippen LogP contribution is 2.38. The van der Waals surface area contributed by atoms with Crippen molar-refractivity contribution in [2.75, 3.05) is 13.1 Å². The SMILES string of the molecule is Cn1ccc2cc(-c3cc4occ(CNC5CCNC5)c4cc3-c3ccc(C#N)cc3)ccc21. The van der Waals surface area contributed by atoms with Crippen LogP contribution in [0.5, 0.6) is 0 Å². The van der Waals surface area contributed by atoms with Gasteiger partial charge in [0.2, 0.25) is 0 Å². The van der Waals surface area contributed by atoms with Crippen LogP contribution in [0.1, 0.15) is 17.5 Å². The molecular weight excluding hydrogens is 420 g/mol. The molecule has 34 heavy (non-hydrogen) atoms. The first-order valence-corrected chi connectivity index (χ1v) is 11.7. The van der Waals surface area contributed by atoms with Crippen molar-refractivity contribution >= 4 is 21.9 Å². The van der Waals surface area contributed by atoms with Crippen molar-refractivity contribution in [3.63, 3.8) is 0 Å². The van der Waals surface area contributed by atoms with Crippen LogP contribution in [0.2, 0.25) is 0 Å². The number of nitrogens with zero attached hydrogens (tertiary/aromatic N) is 2. The van der Waals surface area contributed by atoms with E-state index < -0.39 is 0 Å². The average molecular weight is 447 g/mol. The van der Waals surface area contributed by atoms with Crippen LogP contribution >= 0.6 is 0 Å². The van der Waals surface area contributed by atoms with Gasteiger partial charge < -0.3 is 19.6 Å². The minimum absolute atomic E-state index is 0.500. The number of aromatic nitrogens is 1. The summed E-state index contributed by atoms with van der Waals surface area (Å²) in [7, 11) is 2.07. The zero-order valence-corrected chi connectivity index (χ0v) is 19.1. The summed E-state index contributed by atoms with van der Waals surface area (Å²) < 4.78 is 8.18. The Bertz CT molecular complexity index is 1530. The molecule has 168 valence electrons. The van der Waals surface area contributed by atoms with Crippen molar-refractivity contribution in [2.45, 2.75) is 19.0 Å². The molecular formula is C29H26N4O. The number of hydrogen-bond acceptors (Lipinski definition) is 4. The van der Waals surface area contributed by atoms with Gasteiger partial charge in [0, 0.05) is 54.2 Å². The Balaban J connectivity index is 1.48. The summed E-state index contributed by atoms with van der Waals surface area (Å²) in [6.07, 6.45) is 5.12. The lowest BCUT2D eigenvalue weighted by molar-refractivity contribution is 0.541. The van der Waals surface area contributed by atoms with Crippen LogP contribution in [-0.2, 0) is 13.6 Å². The number of aryl methyl sites for hydroxylation is 1. The number of hydrogen-bond donors (Lipinski definition) is 2. The van der Waals surface area contributed by atoms with Gasteiger partial charge in [-0.15, -0.1) is 0 Å². The van der Waals surface area contributed by atoms with E-state index in [2.05, 4.69) is 70.9 Å². The lowest BCUT2D eigenvalue weighted by Crippen LogP contribution is -2.30. The minimum Gasteiger partial charge on any atom is -0.464 e. The number of nitrogens with one attached hydrogen (secondary N) is 2. The second-order valence-corrected chi connectivity index (χ2v) is 9.11. The predicted molar refractivity (Wildman–Crippen MR) is 136 cm³/mol. The first-order valence-electron chi connectivity index (χ1n) is 11.7. The quantitative estimate of drug-likeness (QED) is 0.370. The van der Waals surface area contributed by atoms with Gasteiger partial charge >= 0.3 is 0 Å². The summed E-state index contributed by atoms with van der Waals surface area (Å²) in [6, 6.07) is 23.7. The molecule has 0 radical (unpaired) electrons. The average Bonchev–Trinajstić information content (AvgIpc) is 3.62. The molecule has 3 heterocycles. The molecule has 1 aliphatic heterocycles. The highest BCUT2D eigenvalue weighted by Gasteiger charge is 2.17. The van der Waals surface area contributed by atoms with E-state index in [1.165, 1.54) is 16.5 Å².